The summed E-state index contributed by atoms with van der Waals surface area (Å²) in [4.78, 5) is 15.9. The minimum atomic E-state index is -0.832. The number of carbonyl (C=O) groups excluding carboxylic acids is 1. The summed E-state index contributed by atoms with van der Waals surface area (Å²) in [7, 11) is 0. The third-order valence-corrected chi connectivity index (χ3v) is 7.08. The van der Waals surface area contributed by atoms with Crippen LogP contribution in [0.25, 0.3) is 0 Å². The molecule has 0 aromatic heterocycles. The van der Waals surface area contributed by atoms with Crippen molar-refractivity contribution in [3.63, 3.8) is 0 Å². The molecule has 1 N–H and O–H groups in total. The predicted molar refractivity (Wildman–Crippen MR) is 130 cm³/mol. The van der Waals surface area contributed by atoms with Crippen molar-refractivity contribution in [1.82, 2.24) is 5.32 Å². The number of hydrogen-bond donors (Lipinski definition) is 1. The third kappa shape index (κ3) is 3.32. The molecule has 6 nitrogen and oxygen atoms in total. The van der Waals surface area contributed by atoms with Crippen LogP contribution >= 0.6 is 0 Å². The Bertz CT molecular complexity index is 1230. The average molecular weight is 457 g/mol. The van der Waals surface area contributed by atoms with E-state index in [-0.39, 0.29) is 12.7 Å². The van der Waals surface area contributed by atoms with Gasteiger partial charge in [0.2, 0.25) is 12.7 Å². The Morgan fingerprint density at radius 3 is 2.56 bits per heavy atom. The quantitative estimate of drug-likeness (QED) is 0.544. The third-order valence-electron chi connectivity index (χ3n) is 7.08. The summed E-state index contributed by atoms with van der Waals surface area (Å²) in [6.45, 7) is 4.19. The molecule has 3 aliphatic heterocycles. The van der Waals surface area contributed by atoms with Gasteiger partial charge in [-0.25, -0.2) is 0 Å². The van der Waals surface area contributed by atoms with Crippen LogP contribution in [0.1, 0.15) is 30.0 Å². The lowest BCUT2D eigenvalue weighted by Gasteiger charge is -2.23. The molecule has 0 saturated carbocycles. The number of fused-ring (bicyclic) bond motifs is 5. The first-order chi connectivity index (χ1) is 16.7. The monoisotopic (exact) mass is 456 g/mol. The van der Waals surface area contributed by atoms with Gasteiger partial charge in [-0.15, -0.1) is 0 Å². The van der Waals surface area contributed by atoms with Crippen LogP contribution in [0, 0.1) is 0 Å². The van der Waals surface area contributed by atoms with Crippen molar-refractivity contribution in [2.24, 2.45) is 0 Å². The van der Waals surface area contributed by atoms with E-state index in [0.29, 0.717) is 36.4 Å². The molecule has 0 fully saturated rings. The molecule has 1 amide bonds. The van der Waals surface area contributed by atoms with E-state index in [4.69, 9.17) is 14.2 Å². The molecule has 34 heavy (non-hydrogen) atoms. The fraction of sp³-hybridized carbons (Fsp3) is 0.321. The van der Waals surface area contributed by atoms with Gasteiger partial charge in [0.15, 0.2) is 11.5 Å². The highest BCUT2D eigenvalue weighted by atomic mass is 16.7. The van der Waals surface area contributed by atoms with E-state index in [1.165, 1.54) is 5.56 Å². The van der Waals surface area contributed by atoms with Crippen LogP contribution in [0.5, 0.6) is 17.2 Å². The number of hydrogen-bond acceptors (Lipinski definition) is 5. The number of nitrogens with zero attached hydrogens (tertiary/aromatic N) is 1. The van der Waals surface area contributed by atoms with E-state index in [1.807, 2.05) is 41.3 Å². The number of amides is 1. The smallest absolute Gasteiger partial charge is 0.245 e. The molecule has 0 aliphatic carbocycles. The number of rotatable bonds is 7. The summed E-state index contributed by atoms with van der Waals surface area (Å²) in [5.41, 5.74) is 3.34. The largest absolute Gasteiger partial charge is 0.491 e. The Balaban J connectivity index is 1.19. The Labute approximate surface area is 199 Å². The van der Waals surface area contributed by atoms with Gasteiger partial charge in [-0.1, -0.05) is 48.5 Å². The molecule has 6 heteroatoms. The highest BCUT2D eigenvalue weighted by Crippen LogP contribution is 2.54. The number of ether oxygens (including phenoxy) is 3. The zero-order chi connectivity index (χ0) is 23.1. The second-order valence-corrected chi connectivity index (χ2v) is 9.27. The van der Waals surface area contributed by atoms with Gasteiger partial charge < -0.3 is 24.4 Å². The molecule has 3 aliphatic rings. The minimum absolute atomic E-state index is 0.0728. The molecule has 6 rings (SSSR count). The van der Waals surface area contributed by atoms with E-state index in [1.54, 1.807) is 0 Å². The maximum absolute atomic E-state index is 14.0. The molecule has 3 aromatic carbocycles. The van der Waals surface area contributed by atoms with Crippen LogP contribution < -0.4 is 24.4 Å². The van der Waals surface area contributed by atoms with Crippen molar-refractivity contribution in [1.29, 1.82) is 0 Å². The molecule has 3 aromatic rings. The first-order valence-electron chi connectivity index (χ1n) is 11.9. The van der Waals surface area contributed by atoms with E-state index in [0.717, 1.165) is 36.2 Å². The predicted octanol–water partition coefficient (Wildman–Crippen LogP) is 4.05. The fourth-order valence-corrected chi connectivity index (χ4v) is 5.41. The van der Waals surface area contributed by atoms with Crippen LogP contribution in [-0.2, 0) is 16.6 Å². The van der Waals surface area contributed by atoms with Gasteiger partial charge >= 0.3 is 0 Å². The van der Waals surface area contributed by atoms with E-state index < -0.39 is 5.41 Å². The van der Waals surface area contributed by atoms with Gasteiger partial charge in [0.05, 0.1) is 0 Å². The molecule has 3 heterocycles. The van der Waals surface area contributed by atoms with Crippen molar-refractivity contribution in [3.05, 3.63) is 83.4 Å². The zero-order valence-electron chi connectivity index (χ0n) is 19.3. The van der Waals surface area contributed by atoms with E-state index in [2.05, 4.69) is 42.6 Å². The van der Waals surface area contributed by atoms with Crippen LogP contribution in [0.3, 0.4) is 0 Å². The molecule has 2 atom stereocenters. The molecule has 0 bridgehead atoms. The Kier molecular flexibility index (Phi) is 5.18. The Hall–Kier alpha value is -3.51. The van der Waals surface area contributed by atoms with Crippen LogP contribution in [0.4, 0.5) is 5.69 Å². The first kappa shape index (κ1) is 21.1. The van der Waals surface area contributed by atoms with Crippen molar-refractivity contribution in [2.45, 2.75) is 31.2 Å². The second-order valence-electron chi connectivity index (χ2n) is 9.27. The maximum Gasteiger partial charge on any atom is 0.245 e. The average Bonchev–Trinajstić information content (AvgIpc) is 3.53. The summed E-state index contributed by atoms with van der Waals surface area (Å²) in [6.07, 6.45) is 1.85. The van der Waals surface area contributed by atoms with Gasteiger partial charge in [-0.3, -0.25) is 4.79 Å². The highest BCUT2D eigenvalue weighted by molar-refractivity contribution is 6.11. The van der Waals surface area contributed by atoms with Crippen LogP contribution in [0.2, 0.25) is 0 Å². The SMILES string of the molecule is CC(Cc1ccccc1)NCCCN1C(=O)C2(COc3cc4c(cc32)OCO4)c2ccccc21. The van der Waals surface area contributed by atoms with Gasteiger partial charge in [0.25, 0.3) is 0 Å². The summed E-state index contributed by atoms with van der Waals surface area (Å²) < 4.78 is 17.2. The standard InChI is InChI=1S/C28H28N2O4/c1-19(14-20-8-3-2-4-9-20)29-12-7-13-30-23-11-6-5-10-21(23)28(27(30)31)17-32-24-16-26-25(15-22(24)28)33-18-34-26/h2-6,8-11,15-16,19,29H,7,12-14,17-18H2,1H3. The van der Waals surface area contributed by atoms with Crippen molar-refractivity contribution in [3.8, 4) is 17.2 Å². The topological polar surface area (TPSA) is 60.0 Å². The summed E-state index contributed by atoms with van der Waals surface area (Å²) in [6, 6.07) is 22.7. The van der Waals surface area contributed by atoms with Gasteiger partial charge in [0.1, 0.15) is 17.8 Å². The van der Waals surface area contributed by atoms with Crippen LogP contribution in [0.15, 0.2) is 66.7 Å². The number of anilines is 1. The zero-order valence-corrected chi connectivity index (χ0v) is 19.3. The molecule has 0 saturated heterocycles. The van der Waals surface area contributed by atoms with Crippen molar-refractivity contribution in [2.75, 3.05) is 31.4 Å². The van der Waals surface area contributed by atoms with Gasteiger partial charge in [0, 0.05) is 29.9 Å². The number of nitrogens with one attached hydrogen (secondary N) is 1. The van der Waals surface area contributed by atoms with Gasteiger partial charge in [-0.2, -0.15) is 0 Å². The molecular weight excluding hydrogens is 428 g/mol. The first-order valence-corrected chi connectivity index (χ1v) is 11.9. The van der Waals surface area contributed by atoms with E-state index >= 15 is 0 Å². The molecule has 174 valence electrons. The number of benzene rings is 3. The lowest BCUT2D eigenvalue weighted by Crippen LogP contribution is -2.43. The van der Waals surface area contributed by atoms with Crippen molar-refractivity contribution < 1.29 is 19.0 Å². The highest BCUT2D eigenvalue weighted by Gasteiger charge is 2.57. The minimum Gasteiger partial charge on any atom is -0.491 e. The lowest BCUT2D eigenvalue weighted by molar-refractivity contribution is -0.122. The summed E-state index contributed by atoms with van der Waals surface area (Å²) in [5.74, 6) is 2.11. The maximum atomic E-state index is 14.0. The summed E-state index contributed by atoms with van der Waals surface area (Å²) in [5, 5.41) is 3.61. The Morgan fingerprint density at radius 2 is 1.71 bits per heavy atom. The van der Waals surface area contributed by atoms with Gasteiger partial charge in [-0.05, 0) is 49.6 Å². The molecule has 1 spiro atoms. The summed E-state index contributed by atoms with van der Waals surface area (Å²) >= 11 is 0. The molecule has 2 unspecified atom stereocenters. The number of para-hydroxylation sites is 1. The second kappa shape index (κ2) is 8.37. The number of carbonyl (C=O) groups is 1. The fourth-order valence-electron chi connectivity index (χ4n) is 5.41. The van der Waals surface area contributed by atoms with Crippen LogP contribution in [-0.4, -0.2) is 38.4 Å². The van der Waals surface area contributed by atoms with E-state index in [9.17, 15) is 4.79 Å². The lowest BCUT2D eigenvalue weighted by atomic mass is 9.77. The normalized spacial score (nSPS) is 20.4. The van der Waals surface area contributed by atoms with Crippen molar-refractivity contribution >= 4 is 11.6 Å². The molecular formula is C28H28N2O4. The Morgan fingerprint density at radius 1 is 0.941 bits per heavy atom. The molecule has 0 radical (unpaired) electrons.